The summed E-state index contributed by atoms with van der Waals surface area (Å²) in [7, 11) is 1.77. The van der Waals surface area contributed by atoms with Gasteiger partial charge >= 0.3 is 0 Å². The zero-order valence-corrected chi connectivity index (χ0v) is 18.0. The van der Waals surface area contributed by atoms with Crippen molar-refractivity contribution in [1.82, 2.24) is 10.6 Å². The van der Waals surface area contributed by atoms with Gasteiger partial charge in [0, 0.05) is 31.4 Å². The van der Waals surface area contributed by atoms with E-state index in [4.69, 9.17) is 5.73 Å². The fraction of sp³-hybridized carbons (Fsp3) is 0.250. The standard InChI is InChI=1S/C20H23N5O2.HI/c1-22-20(25-11-10-15-4-2-3-5-17(15)25)24-12-14-6-8-16(9-7-14)19(27)23-13-18(21)26;/h2-9H,10-13H2,1H3,(H2,21,26)(H,22,24)(H,23,27);1H. The smallest absolute Gasteiger partial charge is 0.251 e. The van der Waals surface area contributed by atoms with Gasteiger partial charge in [-0.15, -0.1) is 24.0 Å². The first-order chi connectivity index (χ1) is 13.1. The van der Waals surface area contributed by atoms with Crippen LogP contribution < -0.4 is 21.3 Å². The largest absolute Gasteiger partial charge is 0.368 e. The SMILES string of the molecule is CN=C(NCc1ccc(C(=O)NCC(N)=O)cc1)N1CCc2ccccc21.I. The molecule has 28 heavy (non-hydrogen) atoms. The van der Waals surface area contributed by atoms with Gasteiger partial charge in [0.15, 0.2) is 5.96 Å². The first kappa shape index (κ1) is 21.7. The number of hydrogen-bond donors (Lipinski definition) is 3. The Hall–Kier alpha value is -2.62. The summed E-state index contributed by atoms with van der Waals surface area (Å²) in [5.74, 6) is -0.0694. The molecule has 0 fully saturated rings. The van der Waals surface area contributed by atoms with E-state index in [9.17, 15) is 9.59 Å². The number of guanidine groups is 1. The monoisotopic (exact) mass is 493 g/mol. The Morgan fingerprint density at radius 2 is 1.82 bits per heavy atom. The molecule has 1 aliphatic rings. The highest BCUT2D eigenvalue weighted by Crippen LogP contribution is 2.27. The topological polar surface area (TPSA) is 99.8 Å². The highest BCUT2D eigenvalue weighted by Gasteiger charge is 2.22. The molecule has 0 atom stereocenters. The number of amides is 2. The molecule has 4 N–H and O–H groups in total. The number of carbonyl (C=O) groups excluding carboxylic acids is 2. The second-order valence-corrected chi connectivity index (χ2v) is 6.28. The maximum atomic E-state index is 11.9. The lowest BCUT2D eigenvalue weighted by molar-refractivity contribution is -0.117. The van der Waals surface area contributed by atoms with Gasteiger partial charge in [0.25, 0.3) is 5.91 Å². The van der Waals surface area contributed by atoms with Crippen LogP contribution in [0.15, 0.2) is 53.5 Å². The van der Waals surface area contributed by atoms with E-state index in [1.807, 2.05) is 18.2 Å². The quantitative estimate of drug-likeness (QED) is 0.335. The van der Waals surface area contributed by atoms with E-state index in [0.717, 1.165) is 24.5 Å². The first-order valence-electron chi connectivity index (χ1n) is 8.80. The molecule has 8 heteroatoms. The number of para-hydroxylation sites is 1. The number of fused-ring (bicyclic) bond motifs is 1. The van der Waals surface area contributed by atoms with Crippen LogP contribution in [-0.4, -0.2) is 37.9 Å². The lowest BCUT2D eigenvalue weighted by Crippen LogP contribution is -2.40. The maximum absolute atomic E-state index is 11.9. The number of hydrogen-bond acceptors (Lipinski definition) is 3. The van der Waals surface area contributed by atoms with E-state index in [1.165, 1.54) is 11.3 Å². The minimum absolute atomic E-state index is 0. The molecule has 2 aromatic rings. The Morgan fingerprint density at radius 3 is 2.50 bits per heavy atom. The van der Waals surface area contributed by atoms with Crippen LogP contribution in [0.3, 0.4) is 0 Å². The molecule has 0 saturated heterocycles. The Balaban J connectivity index is 0.00000280. The highest BCUT2D eigenvalue weighted by atomic mass is 127. The second kappa shape index (κ2) is 10.1. The summed E-state index contributed by atoms with van der Waals surface area (Å²) in [4.78, 5) is 29.2. The fourth-order valence-corrected chi connectivity index (χ4v) is 3.08. The average molecular weight is 493 g/mol. The van der Waals surface area contributed by atoms with Gasteiger partial charge < -0.3 is 21.3 Å². The molecule has 0 aromatic heterocycles. The number of nitrogens with zero attached hydrogens (tertiary/aromatic N) is 2. The zero-order valence-electron chi connectivity index (χ0n) is 15.6. The average Bonchev–Trinajstić information content (AvgIpc) is 3.11. The van der Waals surface area contributed by atoms with Crippen LogP contribution in [-0.2, 0) is 17.8 Å². The molecule has 2 aromatic carbocycles. The third kappa shape index (κ3) is 5.22. The van der Waals surface area contributed by atoms with Crippen molar-refractivity contribution in [3.63, 3.8) is 0 Å². The van der Waals surface area contributed by atoms with Crippen molar-refractivity contribution in [2.24, 2.45) is 10.7 Å². The maximum Gasteiger partial charge on any atom is 0.251 e. The predicted octanol–water partition coefficient (Wildman–Crippen LogP) is 1.66. The Morgan fingerprint density at radius 1 is 1.11 bits per heavy atom. The van der Waals surface area contributed by atoms with Gasteiger partial charge in [-0.2, -0.15) is 0 Å². The predicted molar refractivity (Wildman–Crippen MR) is 121 cm³/mol. The Labute approximate surface area is 181 Å². The van der Waals surface area contributed by atoms with Gasteiger partial charge in [-0.1, -0.05) is 30.3 Å². The minimum Gasteiger partial charge on any atom is -0.368 e. The van der Waals surface area contributed by atoms with Crippen LogP contribution in [0.1, 0.15) is 21.5 Å². The molecule has 1 aliphatic heterocycles. The molecule has 1 heterocycles. The second-order valence-electron chi connectivity index (χ2n) is 6.28. The lowest BCUT2D eigenvalue weighted by Gasteiger charge is -2.22. The summed E-state index contributed by atoms with van der Waals surface area (Å²) in [5, 5.41) is 5.84. The summed E-state index contributed by atoms with van der Waals surface area (Å²) in [6, 6.07) is 15.5. The molecular formula is C20H24IN5O2. The highest BCUT2D eigenvalue weighted by molar-refractivity contribution is 14.0. The van der Waals surface area contributed by atoms with Crippen molar-refractivity contribution in [3.05, 3.63) is 65.2 Å². The zero-order chi connectivity index (χ0) is 19.2. The summed E-state index contributed by atoms with van der Waals surface area (Å²) in [6.45, 7) is 1.32. The van der Waals surface area contributed by atoms with E-state index < -0.39 is 5.91 Å². The van der Waals surface area contributed by atoms with E-state index in [-0.39, 0.29) is 36.4 Å². The van der Waals surface area contributed by atoms with Gasteiger partial charge in [-0.25, -0.2) is 0 Å². The number of primary amides is 1. The van der Waals surface area contributed by atoms with Gasteiger partial charge in [-0.3, -0.25) is 14.6 Å². The Bertz CT molecular complexity index is 867. The summed E-state index contributed by atoms with van der Waals surface area (Å²) in [6.07, 6.45) is 1.01. The molecule has 0 unspecified atom stereocenters. The molecule has 0 aliphatic carbocycles. The third-order valence-electron chi connectivity index (χ3n) is 4.44. The van der Waals surface area contributed by atoms with Crippen molar-refractivity contribution in [2.75, 3.05) is 25.0 Å². The van der Waals surface area contributed by atoms with E-state index in [0.29, 0.717) is 12.1 Å². The number of aliphatic imine (C=N–C) groups is 1. The number of rotatable bonds is 5. The van der Waals surface area contributed by atoms with Crippen LogP contribution in [0.2, 0.25) is 0 Å². The molecule has 3 rings (SSSR count). The van der Waals surface area contributed by atoms with Crippen molar-refractivity contribution in [2.45, 2.75) is 13.0 Å². The van der Waals surface area contributed by atoms with E-state index in [2.05, 4.69) is 38.7 Å². The van der Waals surface area contributed by atoms with Crippen LogP contribution in [0.4, 0.5) is 5.69 Å². The van der Waals surface area contributed by atoms with E-state index in [1.54, 1.807) is 19.2 Å². The molecule has 0 saturated carbocycles. The van der Waals surface area contributed by atoms with Gasteiger partial charge in [0.1, 0.15) is 0 Å². The van der Waals surface area contributed by atoms with Crippen molar-refractivity contribution < 1.29 is 9.59 Å². The van der Waals surface area contributed by atoms with Crippen LogP contribution in [0.5, 0.6) is 0 Å². The normalized spacial score (nSPS) is 12.8. The number of benzene rings is 2. The van der Waals surface area contributed by atoms with Crippen LogP contribution in [0.25, 0.3) is 0 Å². The molecular weight excluding hydrogens is 469 g/mol. The van der Waals surface area contributed by atoms with Crippen LogP contribution in [0, 0.1) is 0 Å². The number of nitrogens with two attached hydrogens (primary N) is 1. The summed E-state index contributed by atoms with van der Waals surface area (Å²) in [5.41, 5.74) is 9.05. The molecule has 0 radical (unpaired) electrons. The molecule has 0 bridgehead atoms. The van der Waals surface area contributed by atoms with Gasteiger partial charge in [0.2, 0.25) is 5.91 Å². The lowest BCUT2D eigenvalue weighted by atomic mass is 10.1. The third-order valence-corrected chi connectivity index (χ3v) is 4.44. The van der Waals surface area contributed by atoms with E-state index >= 15 is 0 Å². The van der Waals surface area contributed by atoms with Crippen LogP contribution >= 0.6 is 24.0 Å². The number of carbonyl (C=O) groups is 2. The molecule has 7 nitrogen and oxygen atoms in total. The first-order valence-corrected chi connectivity index (χ1v) is 8.80. The van der Waals surface area contributed by atoms with Gasteiger partial charge in [-0.05, 0) is 35.7 Å². The molecule has 0 spiro atoms. The Kier molecular flexibility index (Phi) is 7.80. The molecule has 2 amide bonds. The number of halogens is 1. The minimum atomic E-state index is -0.570. The van der Waals surface area contributed by atoms with Gasteiger partial charge in [0.05, 0.1) is 6.54 Å². The number of nitrogens with one attached hydrogen (secondary N) is 2. The van der Waals surface area contributed by atoms with Crippen molar-refractivity contribution in [1.29, 1.82) is 0 Å². The summed E-state index contributed by atoms with van der Waals surface area (Å²) >= 11 is 0. The number of anilines is 1. The molecule has 148 valence electrons. The fourth-order valence-electron chi connectivity index (χ4n) is 3.08. The van der Waals surface area contributed by atoms with Crippen molar-refractivity contribution in [3.8, 4) is 0 Å². The van der Waals surface area contributed by atoms with Crippen molar-refractivity contribution >= 4 is 47.4 Å². The summed E-state index contributed by atoms with van der Waals surface area (Å²) < 4.78 is 0.